The van der Waals surface area contributed by atoms with E-state index in [1.165, 1.54) is 0 Å². The van der Waals surface area contributed by atoms with E-state index in [9.17, 15) is 9.59 Å². The number of rotatable bonds is 2. The summed E-state index contributed by atoms with van der Waals surface area (Å²) in [7, 11) is 0. The number of aromatic nitrogens is 1. The molecule has 0 N–H and O–H groups in total. The van der Waals surface area contributed by atoms with Crippen molar-refractivity contribution in [2.45, 2.75) is 45.3 Å². The van der Waals surface area contributed by atoms with E-state index in [0.29, 0.717) is 12.8 Å². The second-order valence-electron chi connectivity index (χ2n) is 7.09. The summed E-state index contributed by atoms with van der Waals surface area (Å²) in [6.07, 6.45) is 4.53. The number of hydrogen-bond donors (Lipinski definition) is 0. The number of nitrogens with zero attached hydrogens (tertiary/aromatic N) is 1. The fourth-order valence-corrected chi connectivity index (χ4v) is 4.13. The first-order valence-corrected chi connectivity index (χ1v) is 9.81. The van der Waals surface area contributed by atoms with Crippen molar-refractivity contribution >= 4 is 33.9 Å². The molecule has 2 heterocycles. The highest BCUT2D eigenvalue weighted by Crippen LogP contribution is 2.39. The molecule has 2 aliphatic rings. The number of esters is 2. The van der Waals surface area contributed by atoms with E-state index in [2.05, 4.69) is 20.5 Å². The lowest BCUT2D eigenvalue weighted by molar-refractivity contribution is -0.232. The summed E-state index contributed by atoms with van der Waals surface area (Å²) >= 11 is 3.44. The van der Waals surface area contributed by atoms with Crippen molar-refractivity contribution in [1.82, 2.24) is 4.57 Å². The number of carbonyl (C=O) groups excluding carboxylic acids is 2. The number of carbonyl (C=O) groups is 2. The van der Waals surface area contributed by atoms with Gasteiger partial charge < -0.3 is 14.0 Å². The highest BCUT2D eigenvalue weighted by molar-refractivity contribution is 9.10. The van der Waals surface area contributed by atoms with Gasteiger partial charge in [-0.1, -0.05) is 15.9 Å². The Morgan fingerprint density at radius 3 is 2.22 bits per heavy atom. The van der Waals surface area contributed by atoms with Gasteiger partial charge in [0, 0.05) is 34.4 Å². The molecule has 1 aromatic carbocycles. The summed E-state index contributed by atoms with van der Waals surface area (Å²) in [5, 5.41) is 0. The van der Waals surface area contributed by atoms with Gasteiger partial charge in [0.15, 0.2) is 0 Å². The number of aryl methyl sites for hydroxylation is 1. The Balaban J connectivity index is 1.68. The zero-order chi connectivity index (χ0) is 19.2. The van der Waals surface area contributed by atoms with Crippen LogP contribution in [0, 0.1) is 13.8 Å². The van der Waals surface area contributed by atoms with Crippen molar-refractivity contribution in [3.8, 4) is 5.69 Å². The number of ether oxygens (including phenoxy) is 2. The molecule has 4 rings (SSSR count). The highest BCUT2D eigenvalue weighted by atomic mass is 79.9. The van der Waals surface area contributed by atoms with Gasteiger partial charge in [-0.25, -0.2) is 9.59 Å². The highest BCUT2D eigenvalue weighted by Gasteiger charge is 2.47. The molecule has 1 saturated carbocycles. The number of hydrogen-bond acceptors (Lipinski definition) is 4. The van der Waals surface area contributed by atoms with Crippen LogP contribution in [0.25, 0.3) is 11.8 Å². The van der Waals surface area contributed by atoms with Gasteiger partial charge in [-0.05, 0) is 68.7 Å². The molecule has 1 aliphatic heterocycles. The summed E-state index contributed by atoms with van der Waals surface area (Å²) in [6.45, 7) is 3.95. The van der Waals surface area contributed by atoms with E-state index in [1.54, 1.807) is 6.08 Å². The van der Waals surface area contributed by atoms with Crippen molar-refractivity contribution in [3.05, 3.63) is 57.3 Å². The Bertz CT molecular complexity index is 927. The average molecular weight is 430 g/mol. The minimum absolute atomic E-state index is 0.0522. The van der Waals surface area contributed by atoms with Gasteiger partial charge >= 0.3 is 11.9 Å². The third kappa shape index (κ3) is 3.23. The Hall–Kier alpha value is -2.34. The normalized spacial score (nSPS) is 18.6. The van der Waals surface area contributed by atoms with Crippen LogP contribution in [0.2, 0.25) is 0 Å². The van der Waals surface area contributed by atoms with Crippen LogP contribution in [-0.2, 0) is 19.1 Å². The summed E-state index contributed by atoms with van der Waals surface area (Å²) in [5.41, 5.74) is 3.69. The Kier molecular flexibility index (Phi) is 4.46. The predicted molar refractivity (Wildman–Crippen MR) is 104 cm³/mol. The van der Waals surface area contributed by atoms with Crippen LogP contribution in [0.3, 0.4) is 0 Å². The Morgan fingerprint density at radius 2 is 1.63 bits per heavy atom. The van der Waals surface area contributed by atoms with E-state index in [4.69, 9.17) is 9.47 Å². The molecule has 0 atom stereocenters. The van der Waals surface area contributed by atoms with Crippen molar-refractivity contribution in [2.75, 3.05) is 0 Å². The first-order chi connectivity index (χ1) is 12.9. The van der Waals surface area contributed by atoms with E-state index >= 15 is 0 Å². The third-order valence-electron chi connectivity index (χ3n) is 5.22. The molecular weight excluding hydrogens is 410 g/mol. The van der Waals surface area contributed by atoms with E-state index in [1.807, 2.05) is 44.2 Å². The van der Waals surface area contributed by atoms with E-state index < -0.39 is 17.7 Å². The van der Waals surface area contributed by atoms with Gasteiger partial charge in [-0.2, -0.15) is 0 Å². The minimum Gasteiger partial charge on any atom is -0.419 e. The lowest BCUT2D eigenvalue weighted by Gasteiger charge is -2.32. The van der Waals surface area contributed by atoms with Crippen LogP contribution in [0.15, 0.2) is 40.4 Å². The van der Waals surface area contributed by atoms with E-state index in [0.717, 1.165) is 40.0 Å². The molecule has 1 spiro atoms. The molecule has 1 aromatic heterocycles. The molecule has 0 radical (unpaired) electrons. The van der Waals surface area contributed by atoms with Gasteiger partial charge in [-0.3, -0.25) is 0 Å². The zero-order valence-corrected chi connectivity index (χ0v) is 16.8. The van der Waals surface area contributed by atoms with Crippen LogP contribution in [0.1, 0.15) is 42.6 Å². The van der Waals surface area contributed by atoms with Crippen LogP contribution in [-0.4, -0.2) is 22.3 Å². The summed E-state index contributed by atoms with van der Waals surface area (Å²) in [4.78, 5) is 25.0. The average Bonchev–Trinajstić information content (AvgIpc) is 3.17. The summed E-state index contributed by atoms with van der Waals surface area (Å²) in [6, 6.07) is 9.92. The minimum atomic E-state index is -1.04. The molecule has 1 saturated heterocycles. The van der Waals surface area contributed by atoms with Gasteiger partial charge in [-0.15, -0.1) is 0 Å². The lowest BCUT2D eigenvalue weighted by Crippen LogP contribution is -2.44. The lowest BCUT2D eigenvalue weighted by atomic mass is 10.1. The molecule has 6 heteroatoms. The van der Waals surface area contributed by atoms with Crippen molar-refractivity contribution in [1.29, 1.82) is 0 Å². The van der Waals surface area contributed by atoms with Gasteiger partial charge in [0.2, 0.25) is 0 Å². The standard InChI is InChI=1S/C21H20BrNO4/c1-13-11-15(14(2)23(13)17-7-5-16(22)6-8-17)12-18-19(24)26-21(27-20(18)25)9-3-4-10-21/h5-8,11-12H,3-4,9-10H2,1-2H3. The van der Waals surface area contributed by atoms with E-state index in [-0.39, 0.29) is 5.57 Å². The quantitative estimate of drug-likeness (QED) is 0.397. The fraction of sp³-hybridized carbons (Fsp3) is 0.333. The van der Waals surface area contributed by atoms with Crippen LogP contribution in [0.5, 0.6) is 0 Å². The van der Waals surface area contributed by atoms with Gasteiger partial charge in [0.25, 0.3) is 5.79 Å². The second-order valence-corrected chi connectivity index (χ2v) is 8.01. The number of benzene rings is 1. The molecule has 2 fully saturated rings. The van der Waals surface area contributed by atoms with Crippen molar-refractivity contribution in [3.63, 3.8) is 0 Å². The third-order valence-corrected chi connectivity index (χ3v) is 5.75. The zero-order valence-electron chi connectivity index (χ0n) is 15.3. The predicted octanol–water partition coefficient (Wildman–Crippen LogP) is 4.61. The molecule has 2 aromatic rings. The fourth-order valence-electron chi connectivity index (χ4n) is 3.86. The molecule has 27 heavy (non-hydrogen) atoms. The molecule has 0 amide bonds. The van der Waals surface area contributed by atoms with Gasteiger partial charge in [0.1, 0.15) is 5.57 Å². The molecule has 140 valence electrons. The first-order valence-electron chi connectivity index (χ1n) is 9.02. The second kappa shape index (κ2) is 6.68. The van der Waals surface area contributed by atoms with Crippen LogP contribution in [0.4, 0.5) is 0 Å². The Morgan fingerprint density at radius 1 is 1.04 bits per heavy atom. The van der Waals surface area contributed by atoms with Crippen LogP contribution < -0.4 is 0 Å². The van der Waals surface area contributed by atoms with Gasteiger partial charge in [0.05, 0.1) is 0 Å². The smallest absolute Gasteiger partial charge is 0.348 e. The van der Waals surface area contributed by atoms with Crippen molar-refractivity contribution in [2.24, 2.45) is 0 Å². The topological polar surface area (TPSA) is 57.5 Å². The maximum Gasteiger partial charge on any atom is 0.348 e. The molecule has 5 nitrogen and oxygen atoms in total. The first kappa shape index (κ1) is 18.0. The molecule has 0 unspecified atom stereocenters. The molecular formula is C21H20BrNO4. The monoisotopic (exact) mass is 429 g/mol. The molecule has 1 aliphatic carbocycles. The van der Waals surface area contributed by atoms with Crippen molar-refractivity contribution < 1.29 is 19.1 Å². The summed E-state index contributed by atoms with van der Waals surface area (Å²) < 4.78 is 14.1. The molecule has 0 bridgehead atoms. The maximum atomic E-state index is 12.5. The van der Waals surface area contributed by atoms with Crippen LogP contribution >= 0.6 is 15.9 Å². The SMILES string of the molecule is Cc1cc(C=C2C(=O)OC3(CCCC3)OC2=O)c(C)n1-c1ccc(Br)cc1. The Labute approximate surface area is 166 Å². The largest absolute Gasteiger partial charge is 0.419 e. The summed E-state index contributed by atoms with van der Waals surface area (Å²) in [5.74, 6) is -2.23. The maximum absolute atomic E-state index is 12.5. The number of halogens is 1.